The van der Waals surface area contributed by atoms with Crippen molar-refractivity contribution in [2.24, 2.45) is 0 Å². The SMILES string of the molecule is CC(C)c1[c-]c(CC[C-]=O)nc(C(C)C)n1.CC(C)c1n[c-]c(CC[C-]=O)c(C(C)C)n1.CC(C)c1n[c-]c(CC[C-]=O)c(C(C)C)n1.[CH2-]c1c(C[C-]=O)nc(C(C)C)nc1C(C)C.[CH2-]c1nc(C(C)C)nc(C(C)C)c1C[C-]=O.[Y].[Y].[Y].[Y].[Y]. The quantitative estimate of drug-likeness (QED) is 0.0556. The molecule has 0 bridgehead atoms. The van der Waals surface area contributed by atoms with Gasteiger partial charge in [0.1, 0.15) is 17.5 Å². The van der Waals surface area contributed by atoms with Crippen LogP contribution in [0.25, 0.3) is 0 Å². The molecule has 0 aliphatic heterocycles. The van der Waals surface area contributed by atoms with Gasteiger partial charge in [-0.3, -0.25) is 51.4 Å². The molecule has 0 aliphatic rings. The molecule has 85 heavy (non-hydrogen) atoms. The van der Waals surface area contributed by atoms with E-state index in [-0.39, 0.29) is 194 Å². The Hall–Kier alpha value is -0.991. The van der Waals surface area contributed by atoms with Crippen molar-refractivity contribution in [2.75, 3.05) is 0 Å². The molecule has 0 amide bonds. The van der Waals surface area contributed by atoms with Crippen molar-refractivity contribution in [1.82, 2.24) is 49.8 Å². The molecular formula is C65H90N10O5Y5-10. The maximum absolute atomic E-state index is 10.5. The smallest absolute Gasteiger partial charge is 0.126 e. The van der Waals surface area contributed by atoms with Crippen LogP contribution in [0.15, 0.2) is 0 Å². The van der Waals surface area contributed by atoms with Gasteiger partial charge in [-0.2, -0.15) is 43.7 Å². The zero-order valence-electron chi connectivity index (χ0n) is 54.7. The van der Waals surface area contributed by atoms with Gasteiger partial charge in [0.2, 0.25) is 0 Å². The van der Waals surface area contributed by atoms with Crippen molar-refractivity contribution in [1.29, 1.82) is 0 Å². The third-order valence-corrected chi connectivity index (χ3v) is 12.0. The summed E-state index contributed by atoms with van der Waals surface area (Å²) in [5, 5.41) is 0. The Bertz CT molecular complexity index is 2620. The summed E-state index contributed by atoms with van der Waals surface area (Å²) in [5.74, 6) is 7.04. The van der Waals surface area contributed by atoms with Crippen LogP contribution in [0.4, 0.5) is 0 Å². The maximum Gasteiger partial charge on any atom is 0.126 e. The molecule has 0 spiro atoms. The Kier molecular flexibility index (Phi) is 54.2. The van der Waals surface area contributed by atoms with Gasteiger partial charge in [0.25, 0.3) is 0 Å². The molecule has 15 nitrogen and oxygen atoms in total. The number of nitrogens with zero attached hydrogens (tertiary/aromatic N) is 10. The van der Waals surface area contributed by atoms with E-state index in [2.05, 4.69) is 193 Å². The summed E-state index contributed by atoms with van der Waals surface area (Å²) in [4.78, 5) is 95.9. The molecule has 5 heterocycles. The van der Waals surface area contributed by atoms with E-state index in [0.29, 0.717) is 91.3 Å². The molecule has 5 rings (SSSR count). The molecule has 20 heteroatoms. The summed E-state index contributed by atoms with van der Waals surface area (Å²) in [5.41, 5.74) is 10.5. The zero-order chi connectivity index (χ0) is 61.0. The van der Waals surface area contributed by atoms with Crippen LogP contribution in [-0.2, 0) is 220 Å². The first-order valence-electron chi connectivity index (χ1n) is 28.2. The molecule has 0 saturated heterocycles. The first kappa shape index (κ1) is 92.7. The number of rotatable bonds is 23. The van der Waals surface area contributed by atoms with Gasteiger partial charge in [-0.05, 0) is 29.4 Å². The van der Waals surface area contributed by atoms with E-state index in [1.807, 2.05) is 59.1 Å². The first-order chi connectivity index (χ1) is 37.6. The third-order valence-electron chi connectivity index (χ3n) is 12.0. The second kappa shape index (κ2) is 49.7. The van der Waals surface area contributed by atoms with Crippen molar-refractivity contribution in [3.8, 4) is 0 Å². The molecule has 0 atom stereocenters. The first-order valence-corrected chi connectivity index (χ1v) is 28.2. The monoisotopic (exact) mass is 1540 g/mol. The number of carbonyl (C=O) groups excluding carboxylic acids is 5. The predicted octanol–water partition coefficient (Wildman–Crippen LogP) is 12.8. The minimum Gasteiger partial charge on any atom is -0.543 e. The summed E-state index contributed by atoms with van der Waals surface area (Å²) in [6.07, 6.45) is 18.9. The van der Waals surface area contributed by atoms with Gasteiger partial charge in [0.05, 0.1) is 0 Å². The van der Waals surface area contributed by atoms with E-state index in [1.54, 1.807) is 0 Å². The molecule has 0 fully saturated rings. The molecule has 0 saturated carbocycles. The fraction of sp³-hybridized carbons (Fsp3) is 0.585. The predicted molar refractivity (Wildman–Crippen MR) is 317 cm³/mol. The molecule has 5 aromatic rings. The number of aromatic nitrogens is 10. The Morgan fingerprint density at radius 3 is 1.07 bits per heavy atom. The topological polar surface area (TPSA) is 214 Å². The van der Waals surface area contributed by atoms with Crippen molar-refractivity contribution in [3.63, 3.8) is 0 Å². The van der Waals surface area contributed by atoms with Crippen molar-refractivity contribution < 1.29 is 188 Å². The molecular weight excluding hydrogens is 1450 g/mol. The number of aryl methyl sites for hydroxylation is 3. The second-order valence-electron chi connectivity index (χ2n) is 22.6. The summed E-state index contributed by atoms with van der Waals surface area (Å²) in [6, 6.07) is 3.17. The van der Waals surface area contributed by atoms with Gasteiger partial charge < -0.3 is 59.9 Å². The Morgan fingerprint density at radius 1 is 0.365 bits per heavy atom. The van der Waals surface area contributed by atoms with Crippen LogP contribution < -0.4 is 0 Å². The average molecular weight is 1540 g/mol. The minimum atomic E-state index is 0. The average Bonchev–Trinajstić information content (AvgIpc) is 3.40. The van der Waals surface area contributed by atoms with Crippen molar-refractivity contribution in [2.45, 2.75) is 249 Å². The van der Waals surface area contributed by atoms with E-state index >= 15 is 0 Å². The van der Waals surface area contributed by atoms with Gasteiger partial charge in [-0.1, -0.05) is 216 Å². The fourth-order valence-corrected chi connectivity index (χ4v) is 7.39. The van der Waals surface area contributed by atoms with Gasteiger partial charge in [0.15, 0.2) is 0 Å². The van der Waals surface area contributed by atoms with E-state index in [9.17, 15) is 24.0 Å². The van der Waals surface area contributed by atoms with Crippen LogP contribution in [0.2, 0.25) is 0 Å². The number of hydrogen-bond donors (Lipinski definition) is 0. The Labute approximate surface area is 638 Å². The van der Waals surface area contributed by atoms with E-state index < -0.39 is 0 Å². The van der Waals surface area contributed by atoms with Crippen molar-refractivity contribution >= 4 is 31.4 Å². The van der Waals surface area contributed by atoms with Gasteiger partial charge in [-0.15, -0.1) is 28.9 Å². The van der Waals surface area contributed by atoms with Crippen LogP contribution in [-0.4, -0.2) is 81.3 Å². The Morgan fingerprint density at radius 2 is 0.718 bits per heavy atom. The largest absolute Gasteiger partial charge is 0.543 e. The molecule has 0 aliphatic carbocycles. The molecule has 0 N–H and O–H groups in total. The van der Waals surface area contributed by atoms with Crippen LogP contribution in [0.5, 0.6) is 0 Å². The molecule has 455 valence electrons. The second-order valence-corrected chi connectivity index (χ2v) is 22.6. The third kappa shape index (κ3) is 33.8. The van der Waals surface area contributed by atoms with Gasteiger partial charge in [0, 0.05) is 193 Å². The van der Waals surface area contributed by atoms with Crippen LogP contribution in [0, 0.1) is 32.3 Å². The molecule has 5 radical (unpaired) electrons. The number of hydrogen-bond acceptors (Lipinski definition) is 15. The van der Waals surface area contributed by atoms with Crippen LogP contribution in [0.3, 0.4) is 0 Å². The standard InChI is InChI=1S/5C13H18N2O.5Y/c1-8(2)12-11(6-7-16)10(5)14-13(15-12)9(3)4;1-8(2)12-10(5)11(6-7-16)14-13(15-12)9(3)4;2*1-9(2)12-11(6-5-7-16)8-14-13(15-12)10(3)4;1-9(2)12-8-11(6-5-7-16)14-13(15-12)10(3)4;;;;;/h2*8-9H,5-6H2,1-4H3;3*9-10H,5-6H2,1-4H3;;;;;/q5*-2;;;;;. The van der Waals surface area contributed by atoms with E-state index in [1.165, 1.54) is 0 Å². The van der Waals surface area contributed by atoms with E-state index in [0.717, 1.165) is 85.5 Å². The summed E-state index contributed by atoms with van der Waals surface area (Å²) >= 11 is 0. The summed E-state index contributed by atoms with van der Waals surface area (Å²) < 4.78 is 0. The Balaban J connectivity index is -0.000000309. The molecule has 5 aromatic heterocycles. The molecule has 0 aromatic carbocycles. The van der Waals surface area contributed by atoms with Crippen LogP contribution in [0.1, 0.15) is 314 Å². The maximum atomic E-state index is 10.5. The normalized spacial score (nSPS) is 10.5. The van der Waals surface area contributed by atoms with E-state index in [4.69, 9.17) is 0 Å². The summed E-state index contributed by atoms with van der Waals surface area (Å²) in [7, 11) is 0. The van der Waals surface area contributed by atoms with Crippen LogP contribution >= 0.6 is 0 Å². The fourth-order valence-electron chi connectivity index (χ4n) is 7.39. The van der Waals surface area contributed by atoms with Gasteiger partial charge >= 0.3 is 0 Å². The summed E-state index contributed by atoms with van der Waals surface area (Å²) in [6.45, 7) is 49.2. The molecule has 0 unspecified atom stereocenters. The minimum absolute atomic E-state index is 0. The van der Waals surface area contributed by atoms with Gasteiger partial charge in [-0.25, -0.2) is 6.92 Å². The van der Waals surface area contributed by atoms with Crippen molar-refractivity contribution in [3.05, 3.63) is 129 Å². The zero-order valence-corrected chi connectivity index (χ0v) is 68.9.